The standard InChI is InChI=1S/C17H14N6O/c24-17(21-15-3-1-2-14-8-19-22-16(14)15)13-6-4-12(5-7-13)9-23-11-18-10-20-23/h1-8,10-11H,9H2,(H,19,22)(H,21,24). The summed E-state index contributed by atoms with van der Waals surface area (Å²) in [4.78, 5) is 16.3. The second kappa shape index (κ2) is 5.96. The molecular weight excluding hydrogens is 304 g/mol. The van der Waals surface area contributed by atoms with Gasteiger partial charge in [0.05, 0.1) is 23.9 Å². The highest BCUT2D eigenvalue weighted by atomic mass is 16.1. The van der Waals surface area contributed by atoms with Gasteiger partial charge in [0.2, 0.25) is 0 Å². The van der Waals surface area contributed by atoms with Crippen LogP contribution in [0.25, 0.3) is 10.9 Å². The van der Waals surface area contributed by atoms with Crippen molar-refractivity contribution in [2.75, 3.05) is 5.32 Å². The molecule has 24 heavy (non-hydrogen) atoms. The molecule has 1 amide bonds. The summed E-state index contributed by atoms with van der Waals surface area (Å²) in [7, 11) is 0. The van der Waals surface area contributed by atoms with E-state index in [-0.39, 0.29) is 5.91 Å². The molecule has 4 rings (SSSR count). The first kappa shape index (κ1) is 14.1. The molecule has 7 nitrogen and oxygen atoms in total. The second-order valence-electron chi connectivity index (χ2n) is 5.38. The summed E-state index contributed by atoms with van der Waals surface area (Å²) < 4.78 is 1.73. The van der Waals surface area contributed by atoms with Gasteiger partial charge in [-0.25, -0.2) is 9.67 Å². The van der Waals surface area contributed by atoms with Gasteiger partial charge in [-0.2, -0.15) is 10.2 Å². The quantitative estimate of drug-likeness (QED) is 0.605. The molecule has 0 radical (unpaired) electrons. The molecule has 0 bridgehead atoms. The average molecular weight is 318 g/mol. The van der Waals surface area contributed by atoms with E-state index in [1.165, 1.54) is 6.33 Å². The first-order valence-corrected chi connectivity index (χ1v) is 7.44. The lowest BCUT2D eigenvalue weighted by Gasteiger charge is -2.07. The number of rotatable bonds is 4. The maximum absolute atomic E-state index is 12.4. The zero-order valence-electron chi connectivity index (χ0n) is 12.7. The summed E-state index contributed by atoms with van der Waals surface area (Å²) >= 11 is 0. The van der Waals surface area contributed by atoms with Crippen molar-refractivity contribution < 1.29 is 4.79 Å². The number of nitrogens with zero attached hydrogens (tertiary/aromatic N) is 4. The van der Waals surface area contributed by atoms with E-state index in [0.717, 1.165) is 16.5 Å². The molecule has 0 spiro atoms. The van der Waals surface area contributed by atoms with E-state index in [2.05, 4.69) is 25.6 Å². The number of para-hydroxylation sites is 1. The van der Waals surface area contributed by atoms with Gasteiger partial charge in [0.1, 0.15) is 12.7 Å². The minimum atomic E-state index is -0.163. The van der Waals surface area contributed by atoms with E-state index in [0.29, 0.717) is 17.8 Å². The Morgan fingerprint density at radius 2 is 2.04 bits per heavy atom. The van der Waals surface area contributed by atoms with Crippen LogP contribution < -0.4 is 5.32 Å². The van der Waals surface area contributed by atoms with Crippen molar-refractivity contribution in [3.05, 3.63) is 72.4 Å². The van der Waals surface area contributed by atoms with Gasteiger partial charge in [-0.3, -0.25) is 9.89 Å². The molecule has 2 heterocycles. The number of carbonyl (C=O) groups excluding carboxylic acids is 1. The van der Waals surface area contributed by atoms with Crippen LogP contribution in [0.3, 0.4) is 0 Å². The highest BCUT2D eigenvalue weighted by molar-refractivity contribution is 6.08. The van der Waals surface area contributed by atoms with E-state index < -0.39 is 0 Å². The van der Waals surface area contributed by atoms with E-state index >= 15 is 0 Å². The van der Waals surface area contributed by atoms with E-state index in [4.69, 9.17) is 0 Å². The third kappa shape index (κ3) is 2.74. The van der Waals surface area contributed by atoms with Crippen molar-refractivity contribution in [1.82, 2.24) is 25.0 Å². The normalized spacial score (nSPS) is 10.8. The highest BCUT2D eigenvalue weighted by Crippen LogP contribution is 2.21. The fourth-order valence-electron chi connectivity index (χ4n) is 2.53. The first-order valence-electron chi connectivity index (χ1n) is 7.44. The molecule has 0 saturated heterocycles. The number of carbonyl (C=O) groups is 1. The van der Waals surface area contributed by atoms with Crippen LogP contribution in [0.4, 0.5) is 5.69 Å². The number of fused-ring (bicyclic) bond motifs is 1. The fraction of sp³-hybridized carbons (Fsp3) is 0.0588. The van der Waals surface area contributed by atoms with Crippen LogP contribution in [0, 0.1) is 0 Å². The van der Waals surface area contributed by atoms with Crippen LogP contribution in [-0.4, -0.2) is 30.9 Å². The van der Waals surface area contributed by atoms with Gasteiger partial charge in [0.25, 0.3) is 5.91 Å². The van der Waals surface area contributed by atoms with Crippen LogP contribution in [0.2, 0.25) is 0 Å². The molecule has 0 unspecified atom stereocenters. The van der Waals surface area contributed by atoms with Gasteiger partial charge in [-0.15, -0.1) is 0 Å². The molecule has 2 aromatic carbocycles. The fourth-order valence-corrected chi connectivity index (χ4v) is 2.53. The maximum Gasteiger partial charge on any atom is 0.255 e. The predicted octanol–water partition coefficient (Wildman–Crippen LogP) is 2.46. The van der Waals surface area contributed by atoms with Crippen LogP contribution in [-0.2, 0) is 6.54 Å². The van der Waals surface area contributed by atoms with Crippen LogP contribution in [0.5, 0.6) is 0 Å². The van der Waals surface area contributed by atoms with Crippen molar-refractivity contribution in [2.45, 2.75) is 6.54 Å². The molecule has 0 fully saturated rings. The lowest BCUT2D eigenvalue weighted by Crippen LogP contribution is -2.12. The summed E-state index contributed by atoms with van der Waals surface area (Å²) in [5, 5.41) is 14.8. The summed E-state index contributed by atoms with van der Waals surface area (Å²) in [5.74, 6) is -0.163. The Hall–Kier alpha value is -3.48. The Balaban J connectivity index is 1.51. The Labute approximate surface area is 137 Å². The van der Waals surface area contributed by atoms with E-state index in [9.17, 15) is 4.79 Å². The predicted molar refractivity (Wildman–Crippen MR) is 89.6 cm³/mol. The second-order valence-corrected chi connectivity index (χ2v) is 5.38. The minimum Gasteiger partial charge on any atom is -0.320 e. The monoisotopic (exact) mass is 318 g/mol. The number of aromatic nitrogens is 5. The molecule has 0 saturated carbocycles. The van der Waals surface area contributed by atoms with Gasteiger partial charge in [0, 0.05) is 10.9 Å². The van der Waals surface area contributed by atoms with E-state index in [1.54, 1.807) is 29.3 Å². The Bertz CT molecular complexity index is 972. The SMILES string of the molecule is O=C(Nc1cccc2cn[nH]c12)c1ccc(Cn2cncn2)cc1. The summed E-state index contributed by atoms with van der Waals surface area (Å²) in [6, 6.07) is 13.1. The number of amides is 1. The number of benzene rings is 2. The molecule has 0 aliphatic rings. The van der Waals surface area contributed by atoms with Gasteiger partial charge in [-0.05, 0) is 23.8 Å². The zero-order valence-corrected chi connectivity index (χ0v) is 12.7. The van der Waals surface area contributed by atoms with Crippen molar-refractivity contribution in [1.29, 1.82) is 0 Å². The summed E-state index contributed by atoms with van der Waals surface area (Å²) in [6.45, 7) is 0.620. The molecule has 0 atom stereocenters. The van der Waals surface area contributed by atoms with E-state index in [1.807, 2.05) is 30.3 Å². The van der Waals surface area contributed by atoms with Gasteiger partial charge in [-0.1, -0.05) is 24.3 Å². The number of hydrogen-bond acceptors (Lipinski definition) is 4. The Morgan fingerprint density at radius 1 is 1.17 bits per heavy atom. The largest absolute Gasteiger partial charge is 0.320 e. The molecule has 2 aromatic heterocycles. The molecule has 4 aromatic rings. The highest BCUT2D eigenvalue weighted by Gasteiger charge is 2.09. The van der Waals surface area contributed by atoms with Crippen molar-refractivity contribution in [3.8, 4) is 0 Å². The minimum absolute atomic E-state index is 0.163. The number of H-pyrrole nitrogens is 1. The topological polar surface area (TPSA) is 88.5 Å². The molecule has 0 aliphatic carbocycles. The van der Waals surface area contributed by atoms with Crippen molar-refractivity contribution >= 4 is 22.5 Å². The van der Waals surface area contributed by atoms with Crippen molar-refractivity contribution in [2.24, 2.45) is 0 Å². The smallest absolute Gasteiger partial charge is 0.255 e. The average Bonchev–Trinajstić information content (AvgIpc) is 3.27. The van der Waals surface area contributed by atoms with Gasteiger partial charge in [0.15, 0.2) is 0 Å². The third-order valence-electron chi connectivity index (χ3n) is 3.75. The summed E-state index contributed by atoms with van der Waals surface area (Å²) in [5.41, 5.74) is 3.16. The maximum atomic E-state index is 12.4. The number of anilines is 1. The van der Waals surface area contributed by atoms with Gasteiger partial charge < -0.3 is 5.32 Å². The molecule has 7 heteroatoms. The van der Waals surface area contributed by atoms with Gasteiger partial charge >= 0.3 is 0 Å². The van der Waals surface area contributed by atoms with Crippen LogP contribution in [0.1, 0.15) is 15.9 Å². The van der Waals surface area contributed by atoms with Crippen LogP contribution >= 0.6 is 0 Å². The zero-order chi connectivity index (χ0) is 16.4. The lowest BCUT2D eigenvalue weighted by molar-refractivity contribution is 0.102. The molecular formula is C17H14N6O. The first-order chi connectivity index (χ1) is 11.8. The lowest BCUT2D eigenvalue weighted by atomic mass is 10.1. The Kier molecular flexibility index (Phi) is 3.51. The molecule has 0 aliphatic heterocycles. The number of aromatic amines is 1. The third-order valence-corrected chi connectivity index (χ3v) is 3.75. The Morgan fingerprint density at radius 3 is 2.83 bits per heavy atom. The molecule has 118 valence electrons. The van der Waals surface area contributed by atoms with Crippen LogP contribution in [0.15, 0.2) is 61.3 Å². The summed E-state index contributed by atoms with van der Waals surface area (Å²) in [6.07, 6.45) is 4.88. The number of nitrogens with one attached hydrogen (secondary N) is 2. The number of hydrogen-bond donors (Lipinski definition) is 2. The molecule has 2 N–H and O–H groups in total. The van der Waals surface area contributed by atoms with Crippen molar-refractivity contribution in [3.63, 3.8) is 0 Å².